The Morgan fingerprint density at radius 1 is 1.12 bits per heavy atom. The summed E-state index contributed by atoms with van der Waals surface area (Å²) in [5.74, 6) is -0.654. The van der Waals surface area contributed by atoms with Crippen molar-refractivity contribution in [2.24, 2.45) is 5.73 Å². The molecule has 1 heterocycles. The molecule has 0 spiro atoms. The maximum atomic E-state index is 12.3. The molecule has 1 fully saturated rings. The summed E-state index contributed by atoms with van der Waals surface area (Å²) >= 11 is 6.03. The zero-order chi connectivity index (χ0) is 17.1. The molecule has 2 aromatic carbocycles. The second-order valence-corrected chi connectivity index (χ2v) is 6.26. The average Bonchev–Trinajstić information content (AvgIpc) is 3.03. The summed E-state index contributed by atoms with van der Waals surface area (Å²) in [4.78, 5) is 25.6. The predicted molar refractivity (Wildman–Crippen MR) is 94.5 cm³/mol. The Bertz CT molecular complexity index is 761. The zero-order valence-electron chi connectivity index (χ0n) is 13.0. The number of hydrogen-bond donors (Lipinski definition) is 2. The van der Waals surface area contributed by atoms with Gasteiger partial charge in [0.2, 0.25) is 5.91 Å². The molecule has 3 rings (SSSR count). The molecule has 0 aromatic heterocycles. The number of hydrogen-bond acceptors (Lipinski definition) is 3. The first kappa shape index (κ1) is 16.3. The van der Waals surface area contributed by atoms with Crippen LogP contribution in [0.2, 0.25) is 5.02 Å². The lowest BCUT2D eigenvalue weighted by Gasteiger charge is -2.19. The molecule has 0 radical (unpaired) electrons. The molecule has 1 atom stereocenters. The molecule has 0 aliphatic carbocycles. The normalized spacial score (nSPS) is 16.9. The number of amides is 2. The van der Waals surface area contributed by atoms with Crippen LogP contribution in [-0.2, 0) is 0 Å². The Kier molecular flexibility index (Phi) is 4.71. The van der Waals surface area contributed by atoms with Crippen LogP contribution in [0.4, 0.5) is 5.69 Å². The van der Waals surface area contributed by atoms with Gasteiger partial charge in [-0.1, -0.05) is 17.7 Å². The Morgan fingerprint density at radius 2 is 1.83 bits per heavy atom. The summed E-state index contributed by atoms with van der Waals surface area (Å²) in [6.45, 7) is 1.61. The zero-order valence-corrected chi connectivity index (χ0v) is 13.8. The van der Waals surface area contributed by atoms with Crippen molar-refractivity contribution in [1.29, 1.82) is 0 Å². The van der Waals surface area contributed by atoms with Gasteiger partial charge in [-0.15, -0.1) is 0 Å². The number of benzene rings is 2. The molecule has 1 aliphatic heterocycles. The van der Waals surface area contributed by atoms with E-state index in [9.17, 15) is 9.59 Å². The highest BCUT2D eigenvalue weighted by molar-refractivity contribution is 6.30. The standard InChI is InChI=1S/C18H18ClN3O2/c19-14-2-1-3-16(10-14)22-9-8-15(11-22)21-18(24)13-6-4-12(5-7-13)17(20)23/h1-7,10,15H,8-9,11H2,(H2,20,23)(H,21,24). The number of primary amides is 1. The van der Waals surface area contributed by atoms with Crippen molar-refractivity contribution in [1.82, 2.24) is 5.32 Å². The fourth-order valence-electron chi connectivity index (χ4n) is 2.84. The van der Waals surface area contributed by atoms with Crippen molar-refractivity contribution in [3.05, 3.63) is 64.7 Å². The Balaban J connectivity index is 1.60. The SMILES string of the molecule is NC(=O)c1ccc(C(=O)NC2CCN(c3cccc(Cl)c3)C2)cc1. The van der Waals surface area contributed by atoms with E-state index in [0.717, 1.165) is 25.2 Å². The van der Waals surface area contributed by atoms with Crippen LogP contribution in [0.3, 0.4) is 0 Å². The van der Waals surface area contributed by atoms with E-state index in [4.69, 9.17) is 17.3 Å². The summed E-state index contributed by atoms with van der Waals surface area (Å²) in [7, 11) is 0. The maximum Gasteiger partial charge on any atom is 0.251 e. The van der Waals surface area contributed by atoms with Crippen molar-refractivity contribution in [3.8, 4) is 0 Å². The van der Waals surface area contributed by atoms with Crippen molar-refractivity contribution < 1.29 is 9.59 Å². The van der Waals surface area contributed by atoms with Crippen LogP contribution >= 0.6 is 11.6 Å². The number of halogens is 1. The van der Waals surface area contributed by atoms with Gasteiger partial charge in [0.15, 0.2) is 0 Å². The van der Waals surface area contributed by atoms with Gasteiger partial charge in [-0.05, 0) is 48.9 Å². The van der Waals surface area contributed by atoms with E-state index in [1.165, 1.54) is 0 Å². The average molecular weight is 344 g/mol. The minimum Gasteiger partial charge on any atom is -0.369 e. The van der Waals surface area contributed by atoms with Gasteiger partial charge in [-0.3, -0.25) is 9.59 Å². The molecular weight excluding hydrogens is 326 g/mol. The van der Waals surface area contributed by atoms with Gasteiger partial charge in [0.05, 0.1) is 0 Å². The topological polar surface area (TPSA) is 75.4 Å². The highest BCUT2D eigenvalue weighted by Gasteiger charge is 2.24. The third-order valence-corrected chi connectivity index (χ3v) is 4.36. The van der Waals surface area contributed by atoms with Crippen molar-refractivity contribution >= 4 is 29.1 Å². The molecule has 124 valence electrons. The summed E-state index contributed by atoms with van der Waals surface area (Å²) in [6, 6.07) is 14.1. The van der Waals surface area contributed by atoms with E-state index in [2.05, 4.69) is 10.2 Å². The van der Waals surface area contributed by atoms with Crippen LogP contribution in [-0.4, -0.2) is 30.9 Å². The van der Waals surface area contributed by atoms with Crippen molar-refractivity contribution in [2.75, 3.05) is 18.0 Å². The summed E-state index contributed by atoms with van der Waals surface area (Å²) in [5, 5.41) is 3.73. The molecule has 0 bridgehead atoms. The van der Waals surface area contributed by atoms with Gasteiger partial charge in [-0.25, -0.2) is 0 Å². The molecule has 1 saturated heterocycles. The van der Waals surface area contributed by atoms with Gasteiger partial charge in [0.1, 0.15) is 0 Å². The number of nitrogens with one attached hydrogen (secondary N) is 1. The van der Waals surface area contributed by atoms with Gasteiger partial charge in [-0.2, -0.15) is 0 Å². The molecule has 2 aromatic rings. The Hall–Kier alpha value is -2.53. The highest BCUT2D eigenvalue weighted by Crippen LogP contribution is 2.23. The molecule has 6 heteroatoms. The Labute approximate surface area is 145 Å². The molecular formula is C18H18ClN3O2. The third kappa shape index (κ3) is 3.68. The highest BCUT2D eigenvalue weighted by atomic mass is 35.5. The lowest BCUT2D eigenvalue weighted by atomic mass is 10.1. The lowest BCUT2D eigenvalue weighted by Crippen LogP contribution is -2.37. The first-order valence-corrected chi connectivity index (χ1v) is 8.12. The second-order valence-electron chi connectivity index (χ2n) is 5.83. The number of carbonyl (C=O) groups is 2. The van der Waals surface area contributed by atoms with Crippen LogP contribution in [0, 0.1) is 0 Å². The molecule has 5 nitrogen and oxygen atoms in total. The summed E-state index contributed by atoms with van der Waals surface area (Å²) in [6.07, 6.45) is 0.873. The van der Waals surface area contributed by atoms with E-state index in [0.29, 0.717) is 16.1 Å². The predicted octanol–water partition coefficient (Wildman–Crippen LogP) is 2.45. The van der Waals surface area contributed by atoms with Crippen LogP contribution in [0.25, 0.3) is 0 Å². The molecule has 1 aliphatic rings. The smallest absolute Gasteiger partial charge is 0.251 e. The van der Waals surface area contributed by atoms with Crippen molar-refractivity contribution in [3.63, 3.8) is 0 Å². The van der Waals surface area contributed by atoms with Crippen molar-refractivity contribution in [2.45, 2.75) is 12.5 Å². The van der Waals surface area contributed by atoms with Crippen LogP contribution in [0.1, 0.15) is 27.1 Å². The number of rotatable bonds is 4. The minimum atomic E-state index is -0.505. The van der Waals surface area contributed by atoms with Gasteiger partial charge >= 0.3 is 0 Å². The van der Waals surface area contributed by atoms with Crippen LogP contribution in [0.5, 0.6) is 0 Å². The van der Waals surface area contributed by atoms with E-state index in [1.807, 2.05) is 24.3 Å². The first-order chi connectivity index (χ1) is 11.5. The largest absolute Gasteiger partial charge is 0.369 e. The van der Waals surface area contributed by atoms with E-state index < -0.39 is 5.91 Å². The van der Waals surface area contributed by atoms with Crippen LogP contribution < -0.4 is 16.0 Å². The first-order valence-electron chi connectivity index (χ1n) is 7.74. The fraction of sp³-hybridized carbons (Fsp3) is 0.222. The fourth-order valence-corrected chi connectivity index (χ4v) is 3.02. The van der Waals surface area contributed by atoms with E-state index >= 15 is 0 Å². The van der Waals surface area contributed by atoms with E-state index in [1.54, 1.807) is 24.3 Å². The number of nitrogens with zero attached hydrogens (tertiary/aromatic N) is 1. The van der Waals surface area contributed by atoms with Crippen LogP contribution in [0.15, 0.2) is 48.5 Å². The van der Waals surface area contributed by atoms with Gasteiger partial charge in [0, 0.05) is 41.0 Å². The van der Waals surface area contributed by atoms with E-state index in [-0.39, 0.29) is 11.9 Å². The molecule has 3 N–H and O–H groups in total. The lowest BCUT2D eigenvalue weighted by molar-refractivity contribution is 0.0938. The minimum absolute atomic E-state index is 0.0762. The molecule has 1 unspecified atom stereocenters. The van der Waals surface area contributed by atoms with Gasteiger partial charge < -0.3 is 16.0 Å². The quantitative estimate of drug-likeness (QED) is 0.895. The third-order valence-electron chi connectivity index (χ3n) is 4.13. The van der Waals surface area contributed by atoms with Gasteiger partial charge in [0.25, 0.3) is 5.91 Å². The number of nitrogens with two attached hydrogens (primary N) is 1. The molecule has 0 saturated carbocycles. The summed E-state index contributed by atoms with van der Waals surface area (Å²) in [5.41, 5.74) is 7.16. The molecule has 2 amide bonds. The second kappa shape index (κ2) is 6.93. The molecule has 24 heavy (non-hydrogen) atoms. The number of carbonyl (C=O) groups excluding carboxylic acids is 2. The Morgan fingerprint density at radius 3 is 2.50 bits per heavy atom. The monoisotopic (exact) mass is 343 g/mol. The maximum absolute atomic E-state index is 12.3. The summed E-state index contributed by atoms with van der Waals surface area (Å²) < 4.78 is 0. The number of anilines is 1.